The Bertz CT molecular complexity index is 856. The molecule has 2 N–H and O–H groups in total. The first-order chi connectivity index (χ1) is 11.6. The van der Waals surface area contributed by atoms with Crippen molar-refractivity contribution >= 4 is 28.3 Å². The van der Waals surface area contributed by atoms with Crippen LogP contribution in [0.2, 0.25) is 0 Å². The van der Waals surface area contributed by atoms with Crippen LogP contribution in [0.25, 0.3) is 11.0 Å². The van der Waals surface area contributed by atoms with E-state index in [1.807, 2.05) is 38.1 Å². The molecule has 0 bridgehead atoms. The Morgan fingerprint density at radius 2 is 2.29 bits per heavy atom. The fourth-order valence-electron chi connectivity index (χ4n) is 2.41. The number of rotatable bonds is 5. The molecule has 6 nitrogen and oxygen atoms in total. The Hall–Kier alpha value is -2.54. The first kappa shape index (κ1) is 16.3. The number of carbonyl (C=O) groups excluding carboxylic acids is 1. The minimum Gasteiger partial charge on any atom is -0.493 e. The second-order valence-electron chi connectivity index (χ2n) is 5.44. The standard InChI is InChI=1S/C17H19N3O3S/c1-10(20-17(21)18-8-15-11(2)19-9-24-15)14-7-12-5-4-6-13(22-3)16(12)23-14/h4-7,9-10H,8H2,1-3H3,(H2,18,20,21)/t10-/m1/s1. The topological polar surface area (TPSA) is 76.4 Å². The van der Waals surface area contributed by atoms with Crippen LogP contribution in [0.1, 0.15) is 29.3 Å². The van der Waals surface area contributed by atoms with Gasteiger partial charge in [-0.3, -0.25) is 0 Å². The van der Waals surface area contributed by atoms with Gasteiger partial charge in [0, 0.05) is 10.3 Å². The summed E-state index contributed by atoms with van der Waals surface area (Å²) in [6.45, 7) is 4.26. The van der Waals surface area contributed by atoms with Crippen molar-refractivity contribution in [2.45, 2.75) is 26.4 Å². The summed E-state index contributed by atoms with van der Waals surface area (Å²) in [4.78, 5) is 17.3. The third kappa shape index (κ3) is 3.35. The molecule has 0 aliphatic heterocycles. The van der Waals surface area contributed by atoms with Gasteiger partial charge in [0.25, 0.3) is 0 Å². The van der Waals surface area contributed by atoms with E-state index in [9.17, 15) is 4.79 Å². The van der Waals surface area contributed by atoms with Gasteiger partial charge in [-0.05, 0) is 26.0 Å². The smallest absolute Gasteiger partial charge is 0.315 e. The van der Waals surface area contributed by atoms with Crippen LogP contribution in [0.3, 0.4) is 0 Å². The number of furan rings is 1. The molecule has 2 aromatic heterocycles. The maximum atomic E-state index is 12.1. The van der Waals surface area contributed by atoms with E-state index in [1.165, 1.54) is 11.3 Å². The number of urea groups is 1. The van der Waals surface area contributed by atoms with Gasteiger partial charge in [0.05, 0.1) is 30.9 Å². The highest BCUT2D eigenvalue weighted by Crippen LogP contribution is 2.30. The van der Waals surface area contributed by atoms with E-state index < -0.39 is 0 Å². The molecule has 0 radical (unpaired) electrons. The van der Waals surface area contributed by atoms with E-state index in [0.717, 1.165) is 16.0 Å². The van der Waals surface area contributed by atoms with Crippen LogP contribution >= 0.6 is 11.3 Å². The van der Waals surface area contributed by atoms with Crippen molar-refractivity contribution in [2.24, 2.45) is 0 Å². The number of fused-ring (bicyclic) bond motifs is 1. The molecular formula is C17H19N3O3S. The predicted octanol–water partition coefficient (Wildman–Crippen LogP) is 3.77. The average Bonchev–Trinajstić information content (AvgIpc) is 3.18. The molecule has 1 atom stereocenters. The lowest BCUT2D eigenvalue weighted by molar-refractivity contribution is 0.236. The summed E-state index contributed by atoms with van der Waals surface area (Å²) in [7, 11) is 1.60. The van der Waals surface area contributed by atoms with Crippen molar-refractivity contribution in [3.05, 3.63) is 46.1 Å². The largest absolute Gasteiger partial charge is 0.493 e. The monoisotopic (exact) mass is 345 g/mol. The molecular weight excluding hydrogens is 326 g/mol. The molecule has 7 heteroatoms. The lowest BCUT2D eigenvalue weighted by Crippen LogP contribution is -2.36. The molecule has 0 spiro atoms. The summed E-state index contributed by atoms with van der Waals surface area (Å²) < 4.78 is 11.1. The zero-order valence-electron chi connectivity index (χ0n) is 13.8. The number of nitrogens with zero attached hydrogens (tertiary/aromatic N) is 1. The van der Waals surface area contributed by atoms with Crippen LogP contribution in [-0.2, 0) is 6.54 Å². The second kappa shape index (κ2) is 6.92. The van der Waals surface area contributed by atoms with Crippen molar-refractivity contribution < 1.29 is 13.9 Å². The van der Waals surface area contributed by atoms with E-state index in [-0.39, 0.29) is 12.1 Å². The van der Waals surface area contributed by atoms with Gasteiger partial charge in [0.1, 0.15) is 5.76 Å². The number of ether oxygens (including phenoxy) is 1. The third-order valence-corrected chi connectivity index (χ3v) is 4.71. The maximum Gasteiger partial charge on any atom is 0.315 e. The second-order valence-corrected chi connectivity index (χ2v) is 6.38. The highest BCUT2D eigenvalue weighted by atomic mass is 32.1. The fourth-order valence-corrected chi connectivity index (χ4v) is 3.12. The number of amides is 2. The average molecular weight is 345 g/mol. The zero-order valence-corrected chi connectivity index (χ0v) is 14.6. The van der Waals surface area contributed by atoms with Crippen molar-refractivity contribution in [2.75, 3.05) is 7.11 Å². The number of benzene rings is 1. The van der Waals surface area contributed by atoms with Crippen LogP contribution in [0.15, 0.2) is 34.2 Å². The number of hydrogen-bond donors (Lipinski definition) is 2. The van der Waals surface area contributed by atoms with Crippen molar-refractivity contribution in [1.82, 2.24) is 15.6 Å². The number of thiazole rings is 1. The molecule has 1 aromatic carbocycles. The molecule has 2 amide bonds. The van der Waals surface area contributed by atoms with E-state index in [2.05, 4.69) is 15.6 Å². The van der Waals surface area contributed by atoms with Crippen molar-refractivity contribution in [3.8, 4) is 5.75 Å². The van der Waals surface area contributed by atoms with Gasteiger partial charge < -0.3 is 19.8 Å². The number of methoxy groups -OCH3 is 1. The number of nitrogens with one attached hydrogen (secondary N) is 2. The fraction of sp³-hybridized carbons (Fsp3) is 0.294. The summed E-state index contributed by atoms with van der Waals surface area (Å²) in [5.41, 5.74) is 3.40. The highest BCUT2D eigenvalue weighted by molar-refractivity contribution is 7.09. The maximum absolute atomic E-state index is 12.1. The molecule has 3 rings (SSSR count). The summed E-state index contributed by atoms with van der Waals surface area (Å²) in [5.74, 6) is 1.36. The van der Waals surface area contributed by atoms with Gasteiger partial charge >= 0.3 is 6.03 Å². The molecule has 0 aliphatic carbocycles. The Morgan fingerprint density at radius 3 is 3.00 bits per heavy atom. The normalized spacial score (nSPS) is 12.1. The van der Waals surface area contributed by atoms with Crippen LogP contribution in [0, 0.1) is 6.92 Å². The Kier molecular flexibility index (Phi) is 4.71. The lowest BCUT2D eigenvalue weighted by Gasteiger charge is -2.12. The quantitative estimate of drug-likeness (QED) is 0.738. The van der Waals surface area contributed by atoms with Crippen LogP contribution in [0.5, 0.6) is 5.75 Å². The molecule has 0 saturated carbocycles. The Balaban J connectivity index is 1.65. The lowest BCUT2D eigenvalue weighted by atomic mass is 10.2. The summed E-state index contributed by atoms with van der Waals surface area (Å²) in [6.07, 6.45) is 0. The minimum atomic E-state index is -0.260. The summed E-state index contributed by atoms with van der Waals surface area (Å²) in [6, 6.07) is 7.10. The molecule has 0 unspecified atom stereocenters. The minimum absolute atomic E-state index is 0.247. The molecule has 126 valence electrons. The van der Waals surface area contributed by atoms with Gasteiger partial charge in [0.2, 0.25) is 0 Å². The van der Waals surface area contributed by atoms with Crippen LogP contribution < -0.4 is 15.4 Å². The summed E-state index contributed by atoms with van der Waals surface area (Å²) in [5, 5.41) is 6.66. The number of carbonyl (C=O) groups is 1. The predicted molar refractivity (Wildman–Crippen MR) is 93.4 cm³/mol. The first-order valence-electron chi connectivity index (χ1n) is 7.58. The summed E-state index contributed by atoms with van der Waals surface area (Å²) >= 11 is 1.53. The van der Waals surface area contributed by atoms with E-state index in [4.69, 9.17) is 9.15 Å². The first-order valence-corrected chi connectivity index (χ1v) is 8.46. The van der Waals surface area contributed by atoms with Gasteiger partial charge in [-0.1, -0.05) is 12.1 Å². The van der Waals surface area contributed by atoms with E-state index in [1.54, 1.807) is 12.6 Å². The van der Waals surface area contributed by atoms with Crippen LogP contribution in [0.4, 0.5) is 4.79 Å². The molecule has 3 aromatic rings. The van der Waals surface area contributed by atoms with Crippen molar-refractivity contribution in [1.29, 1.82) is 0 Å². The van der Waals surface area contributed by atoms with Gasteiger partial charge in [0.15, 0.2) is 11.3 Å². The molecule has 24 heavy (non-hydrogen) atoms. The van der Waals surface area contributed by atoms with E-state index in [0.29, 0.717) is 23.6 Å². The van der Waals surface area contributed by atoms with Gasteiger partial charge in [-0.2, -0.15) is 0 Å². The molecule has 0 fully saturated rings. The number of hydrogen-bond acceptors (Lipinski definition) is 5. The van der Waals surface area contributed by atoms with Crippen molar-refractivity contribution in [3.63, 3.8) is 0 Å². The third-order valence-electron chi connectivity index (χ3n) is 3.78. The Labute approximate surface area is 143 Å². The van der Waals surface area contributed by atoms with Gasteiger partial charge in [-0.25, -0.2) is 9.78 Å². The highest BCUT2D eigenvalue weighted by Gasteiger charge is 2.16. The number of para-hydroxylation sites is 1. The Morgan fingerprint density at radius 1 is 1.46 bits per heavy atom. The SMILES string of the molecule is COc1cccc2cc([C@@H](C)NC(=O)NCc3scnc3C)oc12. The van der Waals surface area contributed by atoms with Gasteiger partial charge in [-0.15, -0.1) is 11.3 Å². The number of aromatic nitrogens is 1. The number of aryl methyl sites for hydroxylation is 1. The molecule has 2 heterocycles. The zero-order chi connectivity index (χ0) is 17.1. The van der Waals surface area contributed by atoms with Crippen LogP contribution in [-0.4, -0.2) is 18.1 Å². The molecule has 0 saturated heterocycles. The molecule has 0 aliphatic rings. The van der Waals surface area contributed by atoms with E-state index >= 15 is 0 Å².